The topological polar surface area (TPSA) is 84.9 Å². The molecule has 1 unspecified atom stereocenters. The van der Waals surface area contributed by atoms with Gasteiger partial charge >= 0.3 is 12.1 Å². The molecular formula is C20H25NO5. The molecule has 0 saturated carbocycles. The minimum atomic E-state index is -0.927. The van der Waals surface area contributed by atoms with Crippen LogP contribution in [0.5, 0.6) is 5.75 Å². The molecule has 0 saturated heterocycles. The van der Waals surface area contributed by atoms with Crippen LogP contribution in [0.1, 0.15) is 38.7 Å². The summed E-state index contributed by atoms with van der Waals surface area (Å²) in [5.74, 6) is -0.887. The molecule has 0 aliphatic heterocycles. The maximum Gasteiger partial charge on any atom is 0.407 e. The van der Waals surface area contributed by atoms with E-state index in [0.29, 0.717) is 5.56 Å². The molecule has 140 valence electrons. The number of hydrogen-bond acceptors (Lipinski definition) is 4. The van der Waals surface area contributed by atoms with Gasteiger partial charge in [0.2, 0.25) is 0 Å². The Bertz CT molecular complexity index is 794. The smallest absolute Gasteiger partial charge is 0.407 e. The summed E-state index contributed by atoms with van der Waals surface area (Å²) in [4.78, 5) is 23.4. The summed E-state index contributed by atoms with van der Waals surface area (Å²) in [5, 5.41) is 14.1. The third kappa shape index (κ3) is 5.37. The Morgan fingerprint density at radius 3 is 2.38 bits per heavy atom. The number of carbonyl (C=O) groups is 2. The van der Waals surface area contributed by atoms with Gasteiger partial charge in [0.15, 0.2) is 0 Å². The summed E-state index contributed by atoms with van der Waals surface area (Å²) in [6, 6.07) is 11.2. The molecule has 6 heteroatoms. The lowest BCUT2D eigenvalue weighted by atomic mass is 9.93. The molecule has 0 aromatic heterocycles. The van der Waals surface area contributed by atoms with E-state index in [1.54, 1.807) is 33.9 Å². The maximum absolute atomic E-state index is 11.7. The van der Waals surface area contributed by atoms with E-state index in [0.717, 1.165) is 16.5 Å². The summed E-state index contributed by atoms with van der Waals surface area (Å²) < 4.78 is 10.4. The second-order valence-electron chi connectivity index (χ2n) is 7.08. The third-order valence-corrected chi connectivity index (χ3v) is 3.87. The van der Waals surface area contributed by atoms with Gasteiger partial charge < -0.3 is 19.9 Å². The number of carboxylic acid groups (broad SMARTS) is 1. The Morgan fingerprint density at radius 1 is 1.12 bits per heavy atom. The summed E-state index contributed by atoms with van der Waals surface area (Å²) in [6.45, 7) is 5.54. The average Bonchev–Trinajstić information content (AvgIpc) is 2.56. The molecule has 0 aliphatic rings. The van der Waals surface area contributed by atoms with Crippen molar-refractivity contribution < 1.29 is 24.2 Å². The van der Waals surface area contributed by atoms with Gasteiger partial charge in [-0.15, -0.1) is 0 Å². The Balaban J connectivity index is 2.08. The number of alkyl carbamates (subject to hydrolysis) is 1. The van der Waals surface area contributed by atoms with E-state index < -0.39 is 23.6 Å². The lowest BCUT2D eigenvalue weighted by molar-refractivity contribution is -0.139. The number of amides is 1. The minimum Gasteiger partial charge on any atom is -0.497 e. The number of hydrogen-bond donors (Lipinski definition) is 2. The van der Waals surface area contributed by atoms with Gasteiger partial charge in [0, 0.05) is 6.54 Å². The van der Waals surface area contributed by atoms with Crippen LogP contribution in [0.15, 0.2) is 36.4 Å². The molecule has 0 radical (unpaired) electrons. The fourth-order valence-electron chi connectivity index (χ4n) is 2.65. The first-order chi connectivity index (χ1) is 12.2. The number of benzene rings is 2. The molecule has 2 N–H and O–H groups in total. The number of carboxylic acids is 1. The Hall–Kier alpha value is -2.76. The monoisotopic (exact) mass is 359 g/mol. The molecule has 26 heavy (non-hydrogen) atoms. The van der Waals surface area contributed by atoms with Crippen LogP contribution in [0.2, 0.25) is 0 Å². The highest BCUT2D eigenvalue weighted by Gasteiger charge is 2.21. The first-order valence-corrected chi connectivity index (χ1v) is 8.47. The van der Waals surface area contributed by atoms with E-state index >= 15 is 0 Å². The summed E-state index contributed by atoms with van der Waals surface area (Å²) in [7, 11) is 1.60. The van der Waals surface area contributed by atoms with Gasteiger partial charge in [0.25, 0.3) is 0 Å². The molecule has 6 nitrogen and oxygen atoms in total. The minimum absolute atomic E-state index is 0.215. The van der Waals surface area contributed by atoms with Gasteiger partial charge in [-0.2, -0.15) is 0 Å². The second-order valence-corrected chi connectivity index (χ2v) is 7.08. The number of carbonyl (C=O) groups excluding carboxylic acids is 1. The van der Waals surface area contributed by atoms with Gasteiger partial charge in [-0.3, -0.25) is 4.79 Å². The van der Waals surface area contributed by atoms with Crippen LogP contribution in [0.4, 0.5) is 4.79 Å². The summed E-state index contributed by atoms with van der Waals surface area (Å²) in [6.07, 6.45) is -0.275. The zero-order valence-corrected chi connectivity index (χ0v) is 15.5. The first kappa shape index (κ1) is 19.6. The van der Waals surface area contributed by atoms with Crippen molar-refractivity contribution in [1.29, 1.82) is 0 Å². The predicted molar refractivity (Wildman–Crippen MR) is 99.7 cm³/mol. The van der Waals surface area contributed by atoms with Crippen LogP contribution in [0.3, 0.4) is 0 Å². The molecule has 2 aromatic carbocycles. The second kappa shape index (κ2) is 8.08. The number of ether oxygens (including phenoxy) is 2. The van der Waals surface area contributed by atoms with Gasteiger partial charge in [0.05, 0.1) is 13.0 Å². The standard InChI is InChI=1S/C20H25NO5/c1-20(2,3)26-19(24)21-10-9-17(18(22)23)15-6-5-14-12-16(25-4)8-7-13(14)11-15/h5-8,11-12,17H,9-10H2,1-4H3,(H,21,24)(H,22,23). The highest BCUT2D eigenvalue weighted by atomic mass is 16.6. The van der Waals surface area contributed by atoms with Crippen molar-refractivity contribution in [2.45, 2.75) is 38.7 Å². The average molecular weight is 359 g/mol. The van der Waals surface area contributed by atoms with E-state index in [1.807, 2.05) is 30.3 Å². The summed E-state index contributed by atoms with van der Waals surface area (Å²) in [5.41, 5.74) is 0.108. The van der Waals surface area contributed by atoms with Crippen LogP contribution < -0.4 is 10.1 Å². The molecule has 0 fully saturated rings. The molecule has 1 amide bonds. The molecule has 2 rings (SSSR count). The number of rotatable bonds is 6. The quantitative estimate of drug-likeness (QED) is 0.816. The van der Waals surface area contributed by atoms with Crippen molar-refractivity contribution in [2.75, 3.05) is 13.7 Å². The largest absolute Gasteiger partial charge is 0.497 e. The lowest BCUT2D eigenvalue weighted by Crippen LogP contribution is -2.33. The highest BCUT2D eigenvalue weighted by Crippen LogP contribution is 2.27. The molecule has 0 heterocycles. The Morgan fingerprint density at radius 2 is 1.77 bits per heavy atom. The van der Waals surface area contributed by atoms with Crippen LogP contribution in [0, 0.1) is 0 Å². The van der Waals surface area contributed by atoms with E-state index in [2.05, 4.69) is 5.32 Å². The first-order valence-electron chi connectivity index (χ1n) is 8.47. The van der Waals surface area contributed by atoms with E-state index in [4.69, 9.17) is 9.47 Å². The van der Waals surface area contributed by atoms with Crippen molar-refractivity contribution >= 4 is 22.8 Å². The molecular weight excluding hydrogens is 334 g/mol. The predicted octanol–water partition coefficient (Wildman–Crippen LogP) is 3.93. The normalized spacial score (nSPS) is 12.5. The number of aliphatic carboxylic acids is 1. The lowest BCUT2D eigenvalue weighted by Gasteiger charge is -2.20. The van der Waals surface area contributed by atoms with Crippen molar-refractivity contribution in [2.24, 2.45) is 0 Å². The molecule has 1 atom stereocenters. The number of fused-ring (bicyclic) bond motifs is 1. The number of nitrogens with one attached hydrogen (secondary N) is 1. The fraction of sp³-hybridized carbons (Fsp3) is 0.400. The van der Waals surface area contributed by atoms with Crippen molar-refractivity contribution in [3.05, 3.63) is 42.0 Å². The Kier molecular flexibility index (Phi) is 6.08. The third-order valence-electron chi connectivity index (χ3n) is 3.87. The van der Waals surface area contributed by atoms with Crippen molar-refractivity contribution in [3.63, 3.8) is 0 Å². The van der Waals surface area contributed by atoms with E-state index in [-0.39, 0.29) is 13.0 Å². The SMILES string of the molecule is COc1ccc2cc(C(CCNC(=O)OC(C)(C)C)C(=O)O)ccc2c1. The maximum atomic E-state index is 11.7. The van der Waals surface area contributed by atoms with Crippen LogP contribution in [0.25, 0.3) is 10.8 Å². The molecule has 2 aromatic rings. The van der Waals surface area contributed by atoms with Gasteiger partial charge in [-0.1, -0.05) is 24.3 Å². The fourth-order valence-corrected chi connectivity index (χ4v) is 2.65. The summed E-state index contributed by atoms with van der Waals surface area (Å²) >= 11 is 0. The molecule has 0 spiro atoms. The van der Waals surface area contributed by atoms with Crippen LogP contribution >= 0.6 is 0 Å². The highest BCUT2D eigenvalue weighted by molar-refractivity contribution is 5.86. The zero-order chi connectivity index (χ0) is 19.3. The number of methoxy groups -OCH3 is 1. The zero-order valence-electron chi connectivity index (χ0n) is 15.5. The van der Waals surface area contributed by atoms with Gasteiger partial charge in [0.1, 0.15) is 11.4 Å². The van der Waals surface area contributed by atoms with Crippen LogP contribution in [-0.4, -0.2) is 36.4 Å². The molecule has 0 aliphatic carbocycles. The van der Waals surface area contributed by atoms with Gasteiger partial charge in [-0.25, -0.2) is 4.79 Å². The van der Waals surface area contributed by atoms with Gasteiger partial charge in [-0.05, 0) is 55.7 Å². The van der Waals surface area contributed by atoms with Crippen molar-refractivity contribution in [1.82, 2.24) is 5.32 Å². The van der Waals surface area contributed by atoms with E-state index in [9.17, 15) is 14.7 Å². The van der Waals surface area contributed by atoms with Crippen LogP contribution in [-0.2, 0) is 9.53 Å². The Labute approximate surface area is 153 Å². The van der Waals surface area contributed by atoms with E-state index in [1.165, 1.54) is 0 Å². The van der Waals surface area contributed by atoms with Crippen molar-refractivity contribution in [3.8, 4) is 5.75 Å². The molecule has 0 bridgehead atoms.